The van der Waals surface area contributed by atoms with Crippen molar-refractivity contribution in [2.75, 3.05) is 10.5 Å². The van der Waals surface area contributed by atoms with Gasteiger partial charge in [-0.05, 0) is 36.4 Å². The summed E-state index contributed by atoms with van der Waals surface area (Å²) >= 11 is 0. The molecule has 3 N–H and O–H groups in total. The molecule has 108 valence electrons. The van der Waals surface area contributed by atoms with E-state index in [9.17, 15) is 17.2 Å². The molecular weight excluding hydrogens is 300 g/mol. The van der Waals surface area contributed by atoms with Gasteiger partial charge in [0.05, 0.1) is 11.3 Å². The first-order valence-corrected chi connectivity index (χ1v) is 7.09. The monoisotopic (exact) mass is 309 g/mol. The van der Waals surface area contributed by atoms with E-state index in [0.29, 0.717) is 0 Å². The lowest BCUT2D eigenvalue weighted by Gasteiger charge is -2.10. The van der Waals surface area contributed by atoms with Crippen molar-refractivity contribution in [2.24, 2.45) is 0 Å². The van der Waals surface area contributed by atoms with Crippen LogP contribution in [-0.2, 0) is 10.0 Å². The van der Waals surface area contributed by atoms with E-state index in [4.69, 9.17) is 11.0 Å². The highest BCUT2D eigenvalue weighted by molar-refractivity contribution is 7.92. The standard InChI is InChI=1S/C13H9F2N3O2S/c14-9-1-4-12(8(5-9)7-16)18-21(19,20)13-6-10(17)2-3-11(13)15/h1-6,18H,17H2. The Labute approximate surface area is 119 Å². The van der Waals surface area contributed by atoms with E-state index in [1.165, 1.54) is 6.07 Å². The van der Waals surface area contributed by atoms with Gasteiger partial charge in [-0.1, -0.05) is 0 Å². The highest BCUT2D eigenvalue weighted by Gasteiger charge is 2.21. The highest BCUT2D eigenvalue weighted by atomic mass is 32.2. The first-order valence-electron chi connectivity index (χ1n) is 5.61. The van der Waals surface area contributed by atoms with Crippen LogP contribution < -0.4 is 10.5 Å². The number of nitrogens with zero attached hydrogens (tertiary/aromatic N) is 1. The number of sulfonamides is 1. The molecule has 0 bridgehead atoms. The Bertz CT molecular complexity index is 845. The zero-order chi connectivity index (χ0) is 15.6. The molecule has 0 atom stereocenters. The normalized spacial score (nSPS) is 10.9. The molecule has 0 saturated carbocycles. The number of rotatable bonds is 3. The van der Waals surface area contributed by atoms with E-state index in [1.807, 2.05) is 4.72 Å². The highest BCUT2D eigenvalue weighted by Crippen LogP contribution is 2.23. The number of nitrogens with one attached hydrogen (secondary N) is 1. The minimum atomic E-state index is -4.29. The minimum absolute atomic E-state index is 0.0661. The van der Waals surface area contributed by atoms with Crippen LogP contribution in [0.15, 0.2) is 41.3 Å². The number of nitriles is 1. The molecule has 0 heterocycles. The average Bonchev–Trinajstić information content (AvgIpc) is 2.43. The largest absolute Gasteiger partial charge is 0.399 e. The number of hydrogen-bond acceptors (Lipinski definition) is 4. The Hall–Kier alpha value is -2.66. The summed E-state index contributed by atoms with van der Waals surface area (Å²) in [5.74, 6) is -1.68. The van der Waals surface area contributed by atoms with Gasteiger partial charge in [0.2, 0.25) is 0 Å². The van der Waals surface area contributed by atoms with Gasteiger partial charge in [0.25, 0.3) is 10.0 Å². The molecule has 0 unspecified atom stereocenters. The van der Waals surface area contributed by atoms with Gasteiger partial charge < -0.3 is 5.73 Å². The van der Waals surface area contributed by atoms with E-state index in [1.54, 1.807) is 6.07 Å². The molecule has 0 saturated heterocycles. The molecule has 2 aromatic rings. The second-order valence-corrected chi connectivity index (χ2v) is 5.75. The molecule has 0 aromatic heterocycles. The van der Waals surface area contributed by atoms with E-state index in [2.05, 4.69) is 0 Å². The summed E-state index contributed by atoms with van der Waals surface area (Å²) in [5, 5.41) is 8.86. The van der Waals surface area contributed by atoms with Crippen molar-refractivity contribution in [2.45, 2.75) is 4.90 Å². The lowest BCUT2D eigenvalue weighted by Crippen LogP contribution is -2.15. The Morgan fingerprint density at radius 1 is 1.14 bits per heavy atom. The molecule has 0 aliphatic carbocycles. The molecular formula is C13H9F2N3O2S. The van der Waals surface area contributed by atoms with Crippen molar-refractivity contribution in [1.82, 2.24) is 0 Å². The Kier molecular flexibility index (Phi) is 3.78. The Balaban J connectivity index is 2.48. The van der Waals surface area contributed by atoms with Gasteiger partial charge >= 0.3 is 0 Å². The summed E-state index contributed by atoms with van der Waals surface area (Å²) in [6.07, 6.45) is 0. The van der Waals surface area contributed by atoms with Crippen molar-refractivity contribution >= 4 is 21.4 Å². The van der Waals surface area contributed by atoms with Crippen LogP contribution >= 0.6 is 0 Å². The zero-order valence-corrected chi connectivity index (χ0v) is 11.3. The summed E-state index contributed by atoms with van der Waals surface area (Å²) in [7, 11) is -4.29. The van der Waals surface area contributed by atoms with Gasteiger partial charge in [-0.15, -0.1) is 0 Å². The van der Waals surface area contributed by atoms with Gasteiger partial charge in [-0.25, -0.2) is 17.2 Å². The lowest BCUT2D eigenvalue weighted by molar-refractivity contribution is 0.570. The van der Waals surface area contributed by atoms with Crippen LogP contribution in [0.4, 0.5) is 20.2 Å². The number of nitrogen functional groups attached to an aromatic ring is 1. The van der Waals surface area contributed by atoms with Crippen molar-refractivity contribution < 1.29 is 17.2 Å². The predicted molar refractivity (Wildman–Crippen MR) is 72.7 cm³/mol. The number of benzene rings is 2. The maximum atomic E-state index is 13.6. The van der Waals surface area contributed by atoms with E-state index < -0.39 is 26.6 Å². The Morgan fingerprint density at radius 3 is 2.52 bits per heavy atom. The molecule has 0 spiro atoms. The third-order valence-corrected chi connectivity index (χ3v) is 3.97. The topological polar surface area (TPSA) is 96.0 Å². The molecule has 2 rings (SSSR count). The maximum absolute atomic E-state index is 13.6. The van der Waals surface area contributed by atoms with Gasteiger partial charge in [0, 0.05) is 5.69 Å². The second kappa shape index (κ2) is 5.38. The van der Waals surface area contributed by atoms with Crippen LogP contribution in [0.5, 0.6) is 0 Å². The van der Waals surface area contributed by atoms with E-state index in [-0.39, 0.29) is 16.9 Å². The summed E-state index contributed by atoms with van der Waals surface area (Å²) in [4.78, 5) is -0.657. The fourth-order valence-electron chi connectivity index (χ4n) is 1.62. The second-order valence-electron chi connectivity index (χ2n) is 4.10. The summed E-state index contributed by atoms with van der Waals surface area (Å²) in [6, 6.07) is 7.66. The summed E-state index contributed by atoms with van der Waals surface area (Å²) in [6.45, 7) is 0. The fourth-order valence-corrected chi connectivity index (χ4v) is 2.82. The van der Waals surface area contributed by atoms with Crippen LogP contribution in [-0.4, -0.2) is 8.42 Å². The fraction of sp³-hybridized carbons (Fsp3) is 0. The molecule has 0 fully saturated rings. The van der Waals surface area contributed by atoms with Crippen LogP contribution in [0.3, 0.4) is 0 Å². The molecule has 0 amide bonds. The van der Waals surface area contributed by atoms with Gasteiger partial charge in [-0.2, -0.15) is 5.26 Å². The molecule has 21 heavy (non-hydrogen) atoms. The average molecular weight is 309 g/mol. The van der Waals surface area contributed by atoms with Crippen LogP contribution in [0, 0.1) is 23.0 Å². The molecule has 2 aromatic carbocycles. The number of nitrogens with two attached hydrogens (primary N) is 1. The number of halogens is 2. The first-order chi connectivity index (χ1) is 9.83. The van der Waals surface area contributed by atoms with Crippen LogP contribution in [0.25, 0.3) is 0 Å². The summed E-state index contributed by atoms with van der Waals surface area (Å²) in [5.41, 5.74) is 5.13. The SMILES string of the molecule is N#Cc1cc(F)ccc1NS(=O)(=O)c1cc(N)ccc1F. The van der Waals surface area contributed by atoms with E-state index in [0.717, 1.165) is 30.3 Å². The quantitative estimate of drug-likeness (QED) is 0.850. The third-order valence-electron chi connectivity index (χ3n) is 2.59. The van der Waals surface area contributed by atoms with Crippen molar-refractivity contribution in [3.8, 4) is 6.07 Å². The van der Waals surface area contributed by atoms with Crippen molar-refractivity contribution in [3.05, 3.63) is 53.6 Å². The first kappa shape index (κ1) is 14.7. The molecule has 5 nitrogen and oxygen atoms in total. The smallest absolute Gasteiger partial charge is 0.264 e. The lowest BCUT2D eigenvalue weighted by atomic mass is 10.2. The van der Waals surface area contributed by atoms with Gasteiger partial charge in [0.1, 0.15) is 22.6 Å². The molecule has 0 aliphatic heterocycles. The molecule has 0 aliphatic rings. The van der Waals surface area contributed by atoms with E-state index >= 15 is 0 Å². The van der Waals surface area contributed by atoms with Gasteiger partial charge in [0.15, 0.2) is 0 Å². The third kappa shape index (κ3) is 3.09. The predicted octanol–water partition coefficient (Wildman–Crippen LogP) is 2.22. The number of anilines is 2. The number of hydrogen-bond donors (Lipinski definition) is 2. The maximum Gasteiger partial charge on any atom is 0.264 e. The van der Waals surface area contributed by atoms with Crippen molar-refractivity contribution in [1.29, 1.82) is 5.26 Å². The van der Waals surface area contributed by atoms with Gasteiger partial charge in [-0.3, -0.25) is 4.72 Å². The minimum Gasteiger partial charge on any atom is -0.399 e. The van der Waals surface area contributed by atoms with Crippen LogP contribution in [0.1, 0.15) is 5.56 Å². The zero-order valence-electron chi connectivity index (χ0n) is 10.5. The van der Waals surface area contributed by atoms with Crippen LogP contribution in [0.2, 0.25) is 0 Å². The summed E-state index contributed by atoms with van der Waals surface area (Å²) < 4.78 is 52.9. The Morgan fingerprint density at radius 2 is 1.86 bits per heavy atom. The van der Waals surface area contributed by atoms with Crippen molar-refractivity contribution in [3.63, 3.8) is 0 Å². The molecule has 0 radical (unpaired) electrons. The molecule has 8 heteroatoms.